The van der Waals surface area contributed by atoms with Gasteiger partial charge >= 0.3 is 0 Å². The van der Waals surface area contributed by atoms with E-state index in [1.54, 1.807) is 4.90 Å². The minimum Gasteiger partial charge on any atom is -0.282 e. The summed E-state index contributed by atoms with van der Waals surface area (Å²) in [6, 6.07) is 8.37. The Bertz CT molecular complexity index is 745. The van der Waals surface area contributed by atoms with Gasteiger partial charge in [-0.05, 0) is 87.0 Å². The van der Waals surface area contributed by atoms with E-state index in [0.717, 1.165) is 29.7 Å². The molecule has 2 unspecified atom stereocenters. The Kier molecular flexibility index (Phi) is 4.41. The first-order chi connectivity index (χ1) is 13.4. The van der Waals surface area contributed by atoms with Crippen LogP contribution in [0.5, 0.6) is 0 Å². The van der Waals surface area contributed by atoms with Crippen LogP contribution < -0.4 is 0 Å². The lowest BCUT2D eigenvalue weighted by Crippen LogP contribution is -2.47. The number of imide groups is 1. The number of rotatable bonds is 5. The van der Waals surface area contributed by atoms with Crippen LogP contribution in [0.1, 0.15) is 63.0 Å². The van der Waals surface area contributed by atoms with Crippen LogP contribution in [-0.2, 0) is 16.0 Å². The van der Waals surface area contributed by atoms with Crippen molar-refractivity contribution < 1.29 is 9.59 Å². The molecule has 2 atom stereocenters. The Labute approximate surface area is 168 Å². The normalized spacial score (nSPS) is 39.2. The maximum Gasteiger partial charge on any atom is 0.233 e. The van der Waals surface area contributed by atoms with Crippen molar-refractivity contribution in [3.63, 3.8) is 0 Å². The third-order valence-corrected chi connectivity index (χ3v) is 8.45. The number of hydrogen-bond acceptors (Lipinski definition) is 2. The summed E-state index contributed by atoms with van der Waals surface area (Å²) in [6.45, 7) is 4.67. The summed E-state index contributed by atoms with van der Waals surface area (Å²) in [4.78, 5) is 27.6. The standard InChI is InChI=1S/C25H33NO2/c1-16-3-5-18(6-4-16)12-22-17(2)23(27)26(24(22)28)8-7-25-13-19-9-20(14-25)11-21(10-19)15-25/h3-6,17,19-22H,7-15H2,1-2H3. The van der Waals surface area contributed by atoms with Crippen molar-refractivity contribution in [3.8, 4) is 0 Å². The summed E-state index contributed by atoms with van der Waals surface area (Å²) in [7, 11) is 0. The van der Waals surface area contributed by atoms with Crippen molar-refractivity contribution >= 4 is 11.8 Å². The highest BCUT2D eigenvalue weighted by atomic mass is 16.2. The quantitative estimate of drug-likeness (QED) is 0.692. The third kappa shape index (κ3) is 3.11. The number of nitrogens with zero attached hydrogens (tertiary/aromatic N) is 1. The second kappa shape index (κ2) is 6.71. The van der Waals surface area contributed by atoms with Crippen LogP contribution in [0.25, 0.3) is 0 Å². The molecule has 0 aromatic heterocycles. The van der Waals surface area contributed by atoms with Crippen molar-refractivity contribution in [1.29, 1.82) is 0 Å². The predicted octanol–water partition coefficient (Wildman–Crippen LogP) is 4.77. The van der Waals surface area contributed by atoms with Gasteiger partial charge in [-0.1, -0.05) is 36.8 Å². The molecule has 0 spiro atoms. The van der Waals surface area contributed by atoms with Crippen LogP contribution in [-0.4, -0.2) is 23.3 Å². The van der Waals surface area contributed by atoms with Crippen molar-refractivity contribution in [2.75, 3.05) is 6.54 Å². The van der Waals surface area contributed by atoms with Crippen LogP contribution in [0, 0.1) is 41.9 Å². The SMILES string of the molecule is Cc1ccc(CC2C(=O)N(CCC34CC5CC(CC(C5)C3)C4)C(=O)C2C)cc1. The first kappa shape index (κ1) is 18.4. The lowest BCUT2D eigenvalue weighted by atomic mass is 9.49. The first-order valence-corrected chi connectivity index (χ1v) is 11.3. The number of carbonyl (C=O) groups is 2. The first-order valence-electron chi connectivity index (χ1n) is 11.3. The highest BCUT2D eigenvalue weighted by Gasteiger charge is 2.52. The van der Waals surface area contributed by atoms with Crippen LogP contribution in [0.15, 0.2) is 24.3 Å². The third-order valence-electron chi connectivity index (χ3n) is 8.45. The summed E-state index contributed by atoms with van der Waals surface area (Å²) in [5.74, 6) is 2.52. The predicted molar refractivity (Wildman–Crippen MR) is 109 cm³/mol. The van der Waals surface area contributed by atoms with E-state index in [1.165, 1.54) is 44.1 Å². The van der Waals surface area contributed by atoms with E-state index in [1.807, 2.05) is 6.92 Å². The second-order valence-corrected chi connectivity index (χ2v) is 10.6. The molecule has 1 aromatic carbocycles. The molecule has 150 valence electrons. The number of aryl methyl sites for hydroxylation is 1. The molecule has 0 N–H and O–H groups in total. The summed E-state index contributed by atoms with van der Waals surface area (Å²) in [5.41, 5.74) is 2.81. The maximum atomic E-state index is 13.1. The minimum absolute atomic E-state index is 0.0619. The zero-order valence-electron chi connectivity index (χ0n) is 17.3. The highest BCUT2D eigenvalue weighted by molar-refractivity contribution is 6.05. The van der Waals surface area contributed by atoms with Gasteiger partial charge in [0.25, 0.3) is 0 Å². The molecule has 4 aliphatic carbocycles. The molecule has 2 amide bonds. The zero-order chi connectivity index (χ0) is 19.5. The van der Waals surface area contributed by atoms with E-state index in [-0.39, 0.29) is 23.7 Å². The van der Waals surface area contributed by atoms with Crippen LogP contribution in [0.2, 0.25) is 0 Å². The summed E-state index contributed by atoms with van der Waals surface area (Å²) in [5, 5.41) is 0. The fourth-order valence-electron chi connectivity index (χ4n) is 7.35. The van der Waals surface area contributed by atoms with Gasteiger partial charge in [-0.25, -0.2) is 0 Å². The molecule has 1 heterocycles. The molecular weight excluding hydrogens is 346 g/mol. The Balaban J connectivity index is 1.26. The van der Waals surface area contributed by atoms with Crippen molar-refractivity contribution in [1.82, 2.24) is 4.90 Å². The monoisotopic (exact) mass is 379 g/mol. The molecule has 3 nitrogen and oxygen atoms in total. The van der Waals surface area contributed by atoms with Gasteiger partial charge in [-0.2, -0.15) is 0 Å². The molecule has 0 radical (unpaired) electrons. The van der Waals surface area contributed by atoms with Gasteiger partial charge in [0.2, 0.25) is 11.8 Å². The molecule has 1 saturated heterocycles. The van der Waals surface area contributed by atoms with E-state index in [9.17, 15) is 9.59 Å². The molecule has 4 saturated carbocycles. The Hall–Kier alpha value is -1.64. The summed E-state index contributed by atoms with van der Waals surface area (Å²) < 4.78 is 0. The largest absolute Gasteiger partial charge is 0.282 e. The van der Waals surface area contributed by atoms with Gasteiger partial charge in [0.05, 0.1) is 5.92 Å². The van der Waals surface area contributed by atoms with Gasteiger partial charge in [0.1, 0.15) is 0 Å². The van der Waals surface area contributed by atoms with E-state index >= 15 is 0 Å². The number of likely N-dealkylation sites (tertiary alicyclic amines) is 1. The topological polar surface area (TPSA) is 37.4 Å². The molecular formula is C25H33NO2. The Morgan fingerprint density at radius 2 is 1.50 bits per heavy atom. The Morgan fingerprint density at radius 1 is 0.929 bits per heavy atom. The molecule has 1 aliphatic heterocycles. The van der Waals surface area contributed by atoms with E-state index in [0.29, 0.717) is 18.4 Å². The molecule has 28 heavy (non-hydrogen) atoms. The van der Waals surface area contributed by atoms with Crippen LogP contribution >= 0.6 is 0 Å². The smallest absolute Gasteiger partial charge is 0.233 e. The van der Waals surface area contributed by atoms with Crippen molar-refractivity contribution in [2.24, 2.45) is 35.0 Å². The lowest BCUT2D eigenvalue weighted by Gasteiger charge is -2.57. The molecule has 5 fully saturated rings. The number of amides is 2. The van der Waals surface area contributed by atoms with Gasteiger partial charge < -0.3 is 0 Å². The number of benzene rings is 1. The average molecular weight is 380 g/mol. The average Bonchev–Trinajstić information content (AvgIpc) is 2.84. The van der Waals surface area contributed by atoms with Gasteiger partial charge in [-0.3, -0.25) is 14.5 Å². The van der Waals surface area contributed by atoms with Gasteiger partial charge in [0, 0.05) is 12.5 Å². The van der Waals surface area contributed by atoms with Crippen molar-refractivity contribution in [3.05, 3.63) is 35.4 Å². The van der Waals surface area contributed by atoms with E-state index in [4.69, 9.17) is 0 Å². The minimum atomic E-state index is -0.190. The van der Waals surface area contributed by atoms with Crippen LogP contribution in [0.3, 0.4) is 0 Å². The molecule has 5 aliphatic rings. The molecule has 4 bridgehead atoms. The molecule has 6 rings (SSSR count). The molecule has 1 aromatic rings. The summed E-state index contributed by atoms with van der Waals surface area (Å²) >= 11 is 0. The second-order valence-electron chi connectivity index (χ2n) is 10.6. The molecule has 3 heteroatoms. The number of hydrogen-bond donors (Lipinski definition) is 0. The lowest BCUT2D eigenvalue weighted by molar-refractivity contribution is -0.141. The van der Waals surface area contributed by atoms with Gasteiger partial charge in [-0.15, -0.1) is 0 Å². The van der Waals surface area contributed by atoms with Crippen LogP contribution in [0.4, 0.5) is 0 Å². The van der Waals surface area contributed by atoms with Gasteiger partial charge in [0.15, 0.2) is 0 Å². The highest BCUT2D eigenvalue weighted by Crippen LogP contribution is 2.61. The maximum absolute atomic E-state index is 13.1. The van der Waals surface area contributed by atoms with E-state index < -0.39 is 0 Å². The fourth-order valence-corrected chi connectivity index (χ4v) is 7.35. The fraction of sp³-hybridized carbons (Fsp3) is 0.680. The van der Waals surface area contributed by atoms with E-state index in [2.05, 4.69) is 31.2 Å². The Morgan fingerprint density at radius 3 is 2.07 bits per heavy atom. The summed E-state index contributed by atoms with van der Waals surface area (Å²) in [6.07, 6.45) is 10.1. The van der Waals surface area contributed by atoms with Crippen molar-refractivity contribution in [2.45, 2.75) is 65.2 Å². The number of carbonyl (C=O) groups excluding carboxylic acids is 2. The zero-order valence-corrected chi connectivity index (χ0v) is 17.3.